The third-order valence-corrected chi connectivity index (χ3v) is 9.08. The summed E-state index contributed by atoms with van der Waals surface area (Å²) in [7, 11) is -3.17. The average molecular weight is 668 g/mol. The molecule has 5 aromatic rings. The van der Waals surface area contributed by atoms with Crippen LogP contribution in [0.2, 0.25) is 0 Å². The van der Waals surface area contributed by atoms with Crippen molar-refractivity contribution in [2.75, 3.05) is 0 Å². The Balaban J connectivity index is 0.00000267. The number of aromatic nitrogens is 2. The molecule has 0 N–H and O–H groups in total. The number of rotatable bonds is 4. The monoisotopic (exact) mass is 667 g/mol. The van der Waals surface area contributed by atoms with Crippen LogP contribution < -0.4 is 20.8 Å². The molecule has 0 fully saturated rings. The summed E-state index contributed by atoms with van der Waals surface area (Å²) in [6.07, 6.45) is 1.72. The molecular formula is C30H21N2O2PPt. The molecule has 0 saturated heterocycles. The van der Waals surface area contributed by atoms with E-state index in [1.165, 1.54) is 0 Å². The third-order valence-electron chi connectivity index (χ3n) is 6.13. The van der Waals surface area contributed by atoms with Crippen LogP contribution in [0, 0.1) is 26.0 Å². The number of ether oxygens (including phenoxy) is 1. The summed E-state index contributed by atoms with van der Waals surface area (Å²) in [5, 5.41) is 1.50. The molecule has 4 nitrogen and oxygen atoms in total. The molecule has 1 aliphatic rings. The van der Waals surface area contributed by atoms with Crippen molar-refractivity contribution in [1.29, 1.82) is 0 Å². The van der Waals surface area contributed by atoms with Gasteiger partial charge >= 0.3 is 21.1 Å². The molecule has 178 valence electrons. The fourth-order valence-corrected chi connectivity index (χ4v) is 7.44. The molecular weight excluding hydrogens is 646 g/mol. The normalized spacial score (nSPS) is 15.5. The number of benzene rings is 3. The average Bonchev–Trinajstić information content (AvgIpc) is 3.13. The van der Waals surface area contributed by atoms with Gasteiger partial charge in [-0.2, -0.15) is 24.3 Å². The Morgan fingerprint density at radius 3 is 2.44 bits per heavy atom. The minimum atomic E-state index is -3.17. The van der Waals surface area contributed by atoms with Crippen molar-refractivity contribution in [1.82, 2.24) is 9.97 Å². The summed E-state index contributed by atoms with van der Waals surface area (Å²) >= 11 is 0. The van der Waals surface area contributed by atoms with Gasteiger partial charge in [0.15, 0.2) is 7.14 Å². The predicted molar refractivity (Wildman–Crippen MR) is 140 cm³/mol. The summed E-state index contributed by atoms with van der Waals surface area (Å²) in [6.45, 7) is 3.91. The summed E-state index contributed by atoms with van der Waals surface area (Å²) in [5.41, 5.74) is 6.00. The van der Waals surface area contributed by atoms with Gasteiger partial charge in [-0.3, -0.25) is 0 Å². The van der Waals surface area contributed by atoms with E-state index in [2.05, 4.69) is 22.1 Å². The molecule has 3 heterocycles. The molecule has 6 rings (SSSR count). The van der Waals surface area contributed by atoms with E-state index in [9.17, 15) is 4.57 Å². The molecule has 0 aliphatic carbocycles. The van der Waals surface area contributed by atoms with Gasteiger partial charge in [-0.15, -0.1) is 18.2 Å². The van der Waals surface area contributed by atoms with E-state index in [1.807, 2.05) is 98.8 Å². The first-order valence-electron chi connectivity index (χ1n) is 11.4. The molecule has 0 saturated carbocycles. The number of pyridine rings is 2. The Bertz CT molecular complexity index is 1650. The molecule has 0 spiro atoms. The summed E-state index contributed by atoms with van der Waals surface area (Å²) in [4.78, 5) is 8.95. The van der Waals surface area contributed by atoms with Crippen LogP contribution in [-0.2, 0) is 25.6 Å². The van der Waals surface area contributed by atoms with Crippen LogP contribution in [0.4, 0.5) is 0 Å². The van der Waals surface area contributed by atoms with E-state index in [0.717, 1.165) is 38.8 Å². The van der Waals surface area contributed by atoms with E-state index in [1.54, 1.807) is 6.20 Å². The van der Waals surface area contributed by atoms with Crippen molar-refractivity contribution in [3.05, 3.63) is 115 Å². The fraction of sp³-hybridized carbons (Fsp3) is 0.0667. The molecule has 1 aliphatic heterocycles. The van der Waals surface area contributed by atoms with Crippen molar-refractivity contribution in [2.45, 2.75) is 13.8 Å². The van der Waals surface area contributed by atoms with Crippen LogP contribution >= 0.6 is 7.14 Å². The Labute approximate surface area is 225 Å². The second-order valence-electron chi connectivity index (χ2n) is 8.60. The minimum absolute atomic E-state index is 0. The Hall–Kier alpha value is -3.32. The van der Waals surface area contributed by atoms with Gasteiger partial charge in [0.25, 0.3) is 0 Å². The maximum Gasteiger partial charge on any atom is 2.00 e. The molecule has 0 bridgehead atoms. The van der Waals surface area contributed by atoms with Gasteiger partial charge < -0.3 is 9.30 Å². The summed E-state index contributed by atoms with van der Waals surface area (Å²) in [5.74, 6) is 1.07. The fourth-order valence-electron chi connectivity index (χ4n) is 4.48. The van der Waals surface area contributed by atoms with Gasteiger partial charge in [0, 0.05) is 29.0 Å². The van der Waals surface area contributed by atoms with E-state index in [4.69, 9.17) is 4.74 Å². The number of hydrogen-bond acceptors (Lipinski definition) is 4. The Morgan fingerprint density at radius 2 is 1.61 bits per heavy atom. The van der Waals surface area contributed by atoms with Gasteiger partial charge in [-0.05, 0) is 43.2 Å². The Kier molecular flexibility index (Phi) is 6.51. The van der Waals surface area contributed by atoms with Crippen molar-refractivity contribution >= 4 is 23.2 Å². The van der Waals surface area contributed by atoms with E-state index in [-0.39, 0.29) is 21.1 Å². The quantitative estimate of drug-likeness (QED) is 0.177. The van der Waals surface area contributed by atoms with E-state index >= 15 is 0 Å². The van der Waals surface area contributed by atoms with Crippen LogP contribution in [0.25, 0.3) is 22.3 Å². The number of aryl methyl sites for hydroxylation is 2. The maximum atomic E-state index is 14.8. The van der Waals surface area contributed by atoms with Crippen LogP contribution in [-0.4, -0.2) is 9.97 Å². The third kappa shape index (κ3) is 4.15. The largest absolute Gasteiger partial charge is 2.00 e. The molecule has 0 amide bonds. The van der Waals surface area contributed by atoms with Crippen LogP contribution in [0.5, 0.6) is 11.6 Å². The molecule has 1 atom stereocenters. The molecule has 1 unspecified atom stereocenters. The number of hydrogen-bond donors (Lipinski definition) is 0. The molecule has 0 radical (unpaired) electrons. The minimum Gasteiger partial charge on any atom is -0.460 e. The van der Waals surface area contributed by atoms with Crippen molar-refractivity contribution < 1.29 is 30.4 Å². The first-order chi connectivity index (χ1) is 17.0. The second-order valence-corrected chi connectivity index (χ2v) is 11.2. The molecule has 6 heteroatoms. The molecule has 2 aromatic heterocycles. The van der Waals surface area contributed by atoms with Gasteiger partial charge in [0.05, 0.1) is 0 Å². The van der Waals surface area contributed by atoms with Crippen molar-refractivity contribution in [2.24, 2.45) is 0 Å². The first-order valence-corrected chi connectivity index (χ1v) is 13.1. The topological polar surface area (TPSA) is 52.1 Å². The van der Waals surface area contributed by atoms with E-state index < -0.39 is 7.14 Å². The Morgan fingerprint density at radius 1 is 0.806 bits per heavy atom. The van der Waals surface area contributed by atoms with Crippen LogP contribution in [0.3, 0.4) is 0 Å². The van der Waals surface area contributed by atoms with Gasteiger partial charge in [0.1, 0.15) is 5.44 Å². The zero-order chi connectivity index (χ0) is 24.0. The van der Waals surface area contributed by atoms with Crippen molar-refractivity contribution in [3.8, 4) is 33.9 Å². The summed E-state index contributed by atoms with van der Waals surface area (Å²) in [6, 6.07) is 33.9. The van der Waals surface area contributed by atoms with Gasteiger partial charge in [-0.1, -0.05) is 41.2 Å². The predicted octanol–water partition coefficient (Wildman–Crippen LogP) is 5.77. The molecule has 3 aromatic carbocycles. The SMILES string of the molecule is Cc1ccnc(Oc2[c-]c(-c3[c-]c4c(cc3)-c3ccccc3P4(=O)c3cccc(C)n3)ccc2)c1.[Pt+2]. The van der Waals surface area contributed by atoms with E-state index in [0.29, 0.717) is 22.4 Å². The number of nitrogens with zero attached hydrogens (tertiary/aromatic N) is 2. The first kappa shape index (κ1) is 24.4. The van der Waals surface area contributed by atoms with Crippen LogP contribution in [0.1, 0.15) is 11.3 Å². The summed E-state index contributed by atoms with van der Waals surface area (Å²) < 4.78 is 20.7. The van der Waals surface area contributed by atoms with Gasteiger partial charge in [-0.25, -0.2) is 21.1 Å². The zero-order valence-electron chi connectivity index (χ0n) is 19.6. The van der Waals surface area contributed by atoms with Gasteiger partial charge in [0.2, 0.25) is 5.88 Å². The number of fused-ring (bicyclic) bond motifs is 3. The molecule has 36 heavy (non-hydrogen) atoms. The van der Waals surface area contributed by atoms with Crippen molar-refractivity contribution in [3.63, 3.8) is 0 Å². The standard InChI is InChI=1S/C30H21N2O2P.Pt/c1-20-15-16-31-29(17-20)34-24-9-6-8-22(18-24)23-13-14-26-25-10-3-4-11-27(25)35(33,28(26)19-23)30-12-5-7-21(2)32-30;/h3-17H,1-2H3;/q-2;+2. The van der Waals surface area contributed by atoms with Crippen LogP contribution in [0.15, 0.2) is 91.1 Å². The smallest absolute Gasteiger partial charge is 0.460 e. The second kappa shape index (κ2) is 9.62. The zero-order valence-corrected chi connectivity index (χ0v) is 22.8. The maximum absolute atomic E-state index is 14.8.